The van der Waals surface area contributed by atoms with Crippen molar-refractivity contribution < 1.29 is 14.5 Å². The summed E-state index contributed by atoms with van der Waals surface area (Å²) in [6.07, 6.45) is 0. The standard InChI is InChI=1S/C11H9ClN2O4/c1-2-18-11(15)9-7(5-12)3-4-8(6-13)10(9)14(16)17/h3-4H,2,5H2,1H3. The molecule has 0 bridgehead atoms. The van der Waals surface area contributed by atoms with Crippen molar-refractivity contribution in [3.8, 4) is 6.07 Å². The third-order valence-electron chi connectivity index (χ3n) is 2.19. The average Bonchev–Trinajstić information content (AvgIpc) is 2.36. The smallest absolute Gasteiger partial charge is 0.345 e. The quantitative estimate of drug-likeness (QED) is 0.362. The normalized spacial score (nSPS) is 9.61. The van der Waals surface area contributed by atoms with Crippen LogP contribution in [0.5, 0.6) is 0 Å². The minimum Gasteiger partial charge on any atom is -0.462 e. The summed E-state index contributed by atoms with van der Waals surface area (Å²) in [6, 6.07) is 4.34. The zero-order valence-corrected chi connectivity index (χ0v) is 10.2. The lowest BCUT2D eigenvalue weighted by atomic mass is 10.0. The Morgan fingerprint density at radius 3 is 2.72 bits per heavy atom. The highest BCUT2D eigenvalue weighted by Gasteiger charge is 2.28. The number of ether oxygens (including phenoxy) is 1. The van der Waals surface area contributed by atoms with Crippen LogP contribution in [-0.2, 0) is 10.6 Å². The van der Waals surface area contributed by atoms with Gasteiger partial charge in [0.2, 0.25) is 0 Å². The third kappa shape index (κ3) is 2.57. The number of halogens is 1. The zero-order chi connectivity index (χ0) is 13.7. The van der Waals surface area contributed by atoms with Crippen molar-refractivity contribution in [2.24, 2.45) is 0 Å². The summed E-state index contributed by atoms with van der Waals surface area (Å²) in [5, 5.41) is 19.8. The molecule has 0 radical (unpaired) electrons. The summed E-state index contributed by atoms with van der Waals surface area (Å²) in [6.45, 7) is 1.66. The molecule has 18 heavy (non-hydrogen) atoms. The topological polar surface area (TPSA) is 93.2 Å². The molecular formula is C11H9ClN2O4. The number of alkyl halides is 1. The number of rotatable bonds is 4. The first kappa shape index (κ1) is 13.9. The highest BCUT2D eigenvalue weighted by Crippen LogP contribution is 2.28. The molecule has 0 aromatic heterocycles. The molecule has 6 nitrogen and oxygen atoms in total. The first-order valence-corrected chi connectivity index (χ1v) is 5.53. The van der Waals surface area contributed by atoms with Crippen molar-refractivity contribution in [1.82, 2.24) is 0 Å². The van der Waals surface area contributed by atoms with E-state index in [9.17, 15) is 14.9 Å². The van der Waals surface area contributed by atoms with Gasteiger partial charge in [-0.3, -0.25) is 10.1 Å². The van der Waals surface area contributed by atoms with Gasteiger partial charge in [-0.2, -0.15) is 5.26 Å². The van der Waals surface area contributed by atoms with Crippen molar-refractivity contribution in [2.45, 2.75) is 12.8 Å². The van der Waals surface area contributed by atoms with Crippen molar-refractivity contribution in [3.63, 3.8) is 0 Å². The summed E-state index contributed by atoms with van der Waals surface area (Å²) in [5.74, 6) is -0.933. The molecule has 1 aromatic rings. The van der Waals surface area contributed by atoms with Crippen LogP contribution in [0, 0.1) is 21.4 Å². The van der Waals surface area contributed by atoms with E-state index in [4.69, 9.17) is 21.6 Å². The van der Waals surface area contributed by atoms with Crippen LogP contribution in [0.15, 0.2) is 12.1 Å². The average molecular weight is 269 g/mol. The van der Waals surface area contributed by atoms with Crippen molar-refractivity contribution in [1.29, 1.82) is 5.26 Å². The second-order valence-corrected chi connectivity index (χ2v) is 3.49. The predicted octanol–water partition coefficient (Wildman–Crippen LogP) is 2.38. The molecule has 0 saturated carbocycles. The van der Waals surface area contributed by atoms with Crippen molar-refractivity contribution >= 4 is 23.3 Å². The second-order valence-electron chi connectivity index (χ2n) is 3.22. The van der Waals surface area contributed by atoms with Crippen LogP contribution in [0.25, 0.3) is 0 Å². The fourth-order valence-electron chi connectivity index (χ4n) is 1.46. The number of carbonyl (C=O) groups is 1. The fourth-order valence-corrected chi connectivity index (χ4v) is 1.68. The Balaban J connectivity index is 3.56. The van der Waals surface area contributed by atoms with E-state index in [1.807, 2.05) is 0 Å². The van der Waals surface area contributed by atoms with Gasteiger partial charge in [0.05, 0.1) is 11.5 Å². The molecule has 0 spiro atoms. The van der Waals surface area contributed by atoms with E-state index in [1.165, 1.54) is 12.1 Å². The SMILES string of the molecule is CCOC(=O)c1c(CCl)ccc(C#N)c1[N+](=O)[O-]. The number of nitriles is 1. The van der Waals surface area contributed by atoms with Gasteiger partial charge >= 0.3 is 11.7 Å². The fraction of sp³-hybridized carbons (Fsp3) is 0.273. The van der Waals surface area contributed by atoms with Gasteiger partial charge in [0.25, 0.3) is 0 Å². The van der Waals surface area contributed by atoms with Gasteiger partial charge < -0.3 is 4.74 Å². The van der Waals surface area contributed by atoms with Gasteiger partial charge in [0.15, 0.2) is 0 Å². The molecule has 0 saturated heterocycles. The Bertz CT molecular complexity index is 537. The van der Waals surface area contributed by atoms with Crippen LogP contribution in [0.2, 0.25) is 0 Å². The van der Waals surface area contributed by atoms with Crippen LogP contribution in [0.3, 0.4) is 0 Å². The Morgan fingerprint density at radius 1 is 1.61 bits per heavy atom. The maximum absolute atomic E-state index is 11.7. The molecule has 1 aromatic carbocycles. The van der Waals surface area contributed by atoms with Gasteiger partial charge in [-0.1, -0.05) is 6.07 Å². The number of hydrogen-bond acceptors (Lipinski definition) is 5. The molecule has 94 valence electrons. The lowest BCUT2D eigenvalue weighted by molar-refractivity contribution is -0.385. The molecule has 0 unspecified atom stereocenters. The summed E-state index contributed by atoms with van der Waals surface area (Å²) >= 11 is 5.64. The number of nitro benzene ring substituents is 1. The highest BCUT2D eigenvalue weighted by molar-refractivity contribution is 6.18. The number of carbonyl (C=O) groups excluding carboxylic acids is 1. The molecule has 0 atom stereocenters. The van der Waals surface area contributed by atoms with Crippen LogP contribution >= 0.6 is 11.6 Å². The van der Waals surface area contributed by atoms with E-state index in [2.05, 4.69) is 0 Å². The number of esters is 1. The number of benzene rings is 1. The minimum atomic E-state index is -0.850. The van der Waals surface area contributed by atoms with Crippen molar-refractivity contribution in [3.05, 3.63) is 38.9 Å². The monoisotopic (exact) mass is 268 g/mol. The number of nitro groups is 1. The first-order valence-electron chi connectivity index (χ1n) is 5.00. The molecular weight excluding hydrogens is 260 g/mol. The molecule has 0 fully saturated rings. The molecule has 0 aliphatic heterocycles. The predicted molar refractivity (Wildman–Crippen MR) is 63.3 cm³/mol. The highest BCUT2D eigenvalue weighted by atomic mass is 35.5. The molecule has 7 heteroatoms. The Kier molecular flexibility index (Phi) is 4.63. The lowest BCUT2D eigenvalue weighted by Gasteiger charge is -2.08. The van der Waals surface area contributed by atoms with Gasteiger partial charge in [0.1, 0.15) is 17.2 Å². The maximum atomic E-state index is 11.7. The number of nitrogens with zero attached hydrogens (tertiary/aromatic N) is 2. The Morgan fingerprint density at radius 2 is 2.28 bits per heavy atom. The largest absolute Gasteiger partial charge is 0.462 e. The molecule has 0 heterocycles. The molecule has 0 aliphatic carbocycles. The van der Waals surface area contributed by atoms with E-state index in [0.717, 1.165) is 0 Å². The summed E-state index contributed by atoms with van der Waals surface area (Å²) in [5.41, 5.74) is -0.747. The van der Waals surface area contributed by atoms with E-state index in [-0.39, 0.29) is 29.2 Å². The van der Waals surface area contributed by atoms with Gasteiger partial charge in [-0.15, -0.1) is 11.6 Å². The van der Waals surface area contributed by atoms with Gasteiger partial charge in [-0.25, -0.2) is 4.79 Å². The zero-order valence-electron chi connectivity index (χ0n) is 9.47. The van der Waals surface area contributed by atoms with Crippen molar-refractivity contribution in [2.75, 3.05) is 6.61 Å². The minimum absolute atomic E-state index is 0.0779. The first-order chi connectivity index (χ1) is 8.56. The van der Waals surface area contributed by atoms with Crippen LogP contribution in [-0.4, -0.2) is 17.5 Å². The number of hydrogen-bond donors (Lipinski definition) is 0. The Labute approximate surface area is 108 Å². The molecule has 0 amide bonds. The molecule has 0 N–H and O–H groups in total. The van der Waals surface area contributed by atoms with Crippen LogP contribution in [0.4, 0.5) is 5.69 Å². The lowest BCUT2D eigenvalue weighted by Crippen LogP contribution is -2.12. The summed E-state index contributed by atoms with van der Waals surface area (Å²) in [7, 11) is 0. The van der Waals surface area contributed by atoms with Gasteiger partial charge in [-0.05, 0) is 18.6 Å². The molecule has 0 aliphatic rings. The molecule has 1 rings (SSSR count). The summed E-state index contributed by atoms with van der Waals surface area (Å²) < 4.78 is 4.75. The van der Waals surface area contributed by atoms with Crippen LogP contribution < -0.4 is 0 Å². The summed E-state index contributed by atoms with van der Waals surface area (Å²) in [4.78, 5) is 21.9. The van der Waals surface area contributed by atoms with E-state index >= 15 is 0 Å². The van der Waals surface area contributed by atoms with E-state index in [1.54, 1.807) is 13.0 Å². The maximum Gasteiger partial charge on any atom is 0.345 e. The third-order valence-corrected chi connectivity index (χ3v) is 2.48. The van der Waals surface area contributed by atoms with Gasteiger partial charge in [0, 0.05) is 5.88 Å². The van der Waals surface area contributed by atoms with E-state index in [0.29, 0.717) is 0 Å². The van der Waals surface area contributed by atoms with E-state index < -0.39 is 16.6 Å². The van der Waals surface area contributed by atoms with Crippen LogP contribution in [0.1, 0.15) is 28.4 Å². The Hall–Kier alpha value is -2.13. The second kappa shape index (κ2) is 5.98.